The molecule has 0 saturated heterocycles. The van der Waals surface area contributed by atoms with Crippen LogP contribution in [0.25, 0.3) is 16.7 Å². The number of pyridine rings is 1. The number of ketones is 1. The summed E-state index contributed by atoms with van der Waals surface area (Å²) in [5.41, 5.74) is 11.0. The highest BCUT2D eigenvalue weighted by Crippen LogP contribution is 2.31. The van der Waals surface area contributed by atoms with Crippen LogP contribution in [0.1, 0.15) is 34.5 Å². The highest BCUT2D eigenvalue weighted by molar-refractivity contribution is 6.08. The summed E-state index contributed by atoms with van der Waals surface area (Å²) in [6.45, 7) is 2.04. The molecule has 1 aliphatic rings. The normalized spacial score (nSPS) is 14.3. The molecule has 2 aromatic heterocycles. The van der Waals surface area contributed by atoms with Crippen LogP contribution in [0.4, 0.5) is 5.69 Å². The van der Waals surface area contributed by atoms with E-state index >= 15 is 0 Å². The number of fused-ring (bicyclic) bond motifs is 2. The van der Waals surface area contributed by atoms with E-state index in [4.69, 9.17) is 5.73 Å². The Bertz CT molecular complexity index is 893. The van der Waals surface area contributed by atoms with E-state index < -0.39 is 0 Å². The van der Waals surface area contributed by atoms with Gasteiger partial charge in [0.15, 0.2) is 11.4 Å². The highest BCUT2D eigenvalue weighted by Gasteiger charge is 2.24. The number of anilines is 1. The van der Waals surface area contributed by atoms with Crippen LogP contribution < -0.4 is 5.73 Å². The van der Waals surface area contributed by atoms with Crippen molar-refractivity contribution >= 4 is 22.5 Å². The molecule has 2 N–H and O–H groups in total. The molecule has 0 amide bonds. The zero-order valence-electron chi connectivity index (χ0n) is 12.3. The number of nitrogens with zero attached hydrogens (tertiary/aromatic N) is 3. The second-order valence-corrected chi connectivity index (χ2v) is 5.75. The minimum Gasteiger partial charge on any atom is -0.397 e. The summed E-state index contributed by atoms with van der Waals surface area (Å²) in [6.07, 6.45) is 3.87. The third-order valence-corrected chi connectivity index (χ3v) is 4.21. The first-order chi connectivity index (χ1) is 10.6. The van der Waals surface area contributed by atoms with Crippen LogP contribution in [-0.2, 0) is 6.42 Å². The Kier molecular flexibility index (Phi) is 2.76. The Balaban J connectivity index is 1.98. The molecule has 4 rings (SSSR count). The van der Waals surface area contributed by atoms with Gasteiger partial charge in [-0.2, -0.15) is 5.10 Å². The molecule has 0 fully saturated rings. The van der Waals surface area contributed by atoms with Gasteiger partial charge in [-0.15, -0.1) is 0 Å². The van der Waals surface area contributed by atoms with Gasteiger partial charge in [0.05, 0.1) is 34.2 Å². The molecule has 3 aromatic rings. The molecule has 22 heavy (non-hydrogen) atoms. The molecule has 5 nitrogen and oxygen atoms in total. The van der Waals surface area contributed by atoms with Crippen LogP contribution >= 0.6 is 0 Å². The van der Waals surface area contributed by atoms with Gasteiger partial charge < -0.3 is 5.73 Å². The van der Waals surface area contributed by atoms with Gasteiger partial charge in [-0.25, -0.2) is 9.67 Å². The topological polar surface area (TPSA) is 73.8 Å². The summed E-state index contributed by atoms with van der Waals surface area (Å²) in [5, 5.41) is 5.16. The van der Waals surface area contributed by atoms with Crippen molar-refractivity contribution in [1.82, 2.24) is 14.8 Å². The number of carbonyl (C=O) groups excluding carboxylic acids is 1. The summed E-state index contributed by atoms with van der Waals surface area (Å²) >= 11 is 0. The largest absolute Gasteiger partial charge is 0.397 e. The molecule has 5 heteroatoms. The molecular formula is C17H16N4O. The number of benzene rings is 1. The van der Waals surface area contributed by atoms with Crippen LogP contribution in [-0.4, -0.2) is 20.5 Å². The van der Waals surface area contributed by atoms with Gasteiger partial charge in [0.25, 0.3) is 0 Å². The molecule has 0 atom stereocenters. The SMILES string of the molecule is Cc1ccc(-n2ncc3c(N)c4c(nc32)CCCC4=O)cc1. The van der Waals surface area contributed by atoms with Gasteiger partial charge in [-0.05, 0) is 31.9 Å². The number of aryl methyl sites for hydroxylation is 2. The van der Waals surface area contributed by atoms with Crippen molar-refractivity contribution in [3.8, 4) is 5.69 Å². The second-order valence-electron chi connectivity index (χ2n) is 5.75. The number of hydrogen-bond donors (Lipinski definition) is 1. The predicted octanol–water partition coefficient (Wildman–Crippen LogP) is 2.83. The van der Waals surface area contributed by atoms with Gasteiger partial charge in [0.2, 0.25) is 0 Å². The Labute approximate surface area is 127 Å². The van der Waals surface area contributed by atoms with Crippen molar-refractivity contribution in [2.75, 3.05) is 5.73 Å². The van der Waals surface area contributed by atoms with Gasteiger partial charge in [-0.1, -0.05) is 17.7 Å². The average Bonchev–Trinajstić information content (AvgIpc) is 2.92. The number of aromatic nitrogens is 3. The van der Waals surface area contributed by atoms with E-state index in [2.05, 4.69) is 10.1 Å². The van der Waals surface area contributed by atoms with Gasteiger partial charge >= 0.3 is 0 Å². The minimum absolute atomic E-state index is 0.0937. The quantitative estimate of drug-likeness (QED) is 0.748. The molecule has 1 aliphatic carbocycles. The Morgan fingerprint density at radius 1 is 1.18 bits per heavy atom. The van der Waals surface area contributed by atoms with Crippen molar-refractivity contribution in [3.05, 3.63) is 47.3 Å². The third-order valence-electron chi connectivity index (χ3n) is 4.21. The number of nitrogen functional groups attached to an aromatic ring is 1. The van der Waals surface area contributed by atoms with Gasteiger partial charge in [0, 0.05) is 6.42 Å². The number of Topliss-reactive ketones (excluding diaryl/α,β-unsaturated/α-hetero) is 1. The lowest BCUT2D eigenvalue weighted by Crippen LogP contribution is -2.16. The fourth-order valence-electron chi connectivity index (χ4n) is 3.02. The second kappa shape index (κ2) is 4.66. The van der Waals surface area contributed by atoms with E-state index in [0.717, 1.165) is 35.3 Å². The van der Waals surface area contributed by atoms with Crippen LogP contribution in [0.3, 0.4) is 0 Å². The van der Waals surface area contributed by atoms with Crippen LogP contribution in [0.15, 0.2) is 30.5 Å². The molecule has 0 bridgehead atoms. The molecule has 0 unspecified atom stereocenters. The van der Waals surface area contributed by atoms with Crippen LogP contribution in [0.5, 0.6) is 0 Å². The van der Waals surface area contributed by atoms with E-state index in [9.17, 15) is 4.79 Å². The first kappa shape index (κ1) is 13.0. The lowest BCUT2D eigenvalue weighted by molar-refractivity contribution is 0.0972. The van der Waals surface area contributed by atoms with Crippen molar-refractivity contribution < 1.29 is 4.79 Å². The third kappa shape index (κ3) is 1.82. The van der Waals surface area contributed by atoms with Crippen molar-refractivity contribution in [3.63, 3.8) is 0 Å². The van der Waals surface area contributed by atoms with Crippen molar-refractivity contribution in [2.45, 2.75) is 26.2 Å². The molecule has 0 saturated carbocycles. The maximum Gasteiger partial charge on any atom is 0.166 e. The molecule has 1 aromatic carbocycles. The van der Waals surface area contributed by atoms with Crippen molar-refractivity contribution in [1.29, 1.82) is 0 Å². The van der Waals surface area contributed by atoms with Gasteiger partial charge in [-0.3, -0.25) is 4.79 Å². The van der Waals surface area contributed by atoms with E-state index in [0.29, 0.717) is 17.7 Å². The zero-order chi connectivity index (χ0) is 15.3. The van der Waals surface area contributed by atoms with E-state index in [1.54, 1.807) is 10.9 Å². The molecular weight excluding hydrogens is 276 g/mol. The first-order valence-electron chi connectivity index (χ1n) is 7.41. The van der Waals surface area contributed by atoms with E-state index in [-0.39, 0.29) is 5.78 Å². The summed E-state index contributed by atoms with van der Waals surface area (Å²) in [4.78, 5) is 16.8. The van der Waals surface area contributed by atoms with Crippen LogP contribution in [0, 0.1) is 6.92 Å². The smallest absolute Gasteiger partial charge is 0.166 e. The lowest BCUT2D eigenvalue weighted by Gasteiger charge is -2.16. The van der Waals surface area contributed by atoms with Gasteiger partial charge in [0.1, 0.15) is 0 Å². The lowest BCUT2D eigenvalue weighted by atomic mass is 9.93. The predicted molar refractivity (Wildman–Crippen MR) is 85.3 cm³/mol. The first-order valence-corrected chi connectivity index (χ1v) is 7.41. The highest BCUT2D eigenvalue weighted by atomic mass is 16.1. The van der Waals surface area contributed by atoms with E-state index in [1.807, 2.05) is 31.2 Å². The fraction of sp³-hybridized carbons (Fsp3) is 0.235. The van der Waals surface area contributed by atoms with Crippen molar-refractivity contribution in [2.24, 2.45) is 0 Å². The monoisotopic (exact) mass is 292 g/mol. The number of rotatable bonds is 1. The average molecular weight is 292 g/mol. The number of nitrogens with two attached hydrogens (primary N) is 1. The summed E-state index contributed by atoms with van der Waals surface area (Å²) in [6, 6.07) is 8.08. The molecule has 0 aliphatic heterocycles. The Hall–Kier alpha value is -2.69. The Morgan fingerprint density at radius 3 is 2.73 bits per heavy atom. The zero-order valence-corrected chi connectivity index (χ0v) is 12.3. The summed E-state index contributed by atoms with van der Waals surface area (Å²) < 4.78 is 1.78. The number of hydrogen-bond acceptors (Lipinski definition) is 4. The molecule has 0 spiro atoms. The molecule has 0 radical (unpaired) electrons. The Morgan fingerprint density at radius 2 is 1.95 bits per heavy atom. The molecule has 2 heterocycles. The van der Waals surface area contributed by atoms with Crippen LogP contribution in [0.2, 0.25) is 0 Å². The summed E-state index contributed by atoms with van der Waals surface area (Å²) in [7, 11) is 0. The standard InChI is InChI=1S/C17H16N4O/c1-10-5-7-11(8-6-10)21-17-12(9-19-21)16(18)15-13(20-17)3-2-4-14(15)22/h5-9H,2-4H2,1H3,(H2,18,20). The summed E-state index contributed by atoms with van der Waals surface area (Å²) in [5.74, 6) is 0.0937. The maximum atomic E-state index is 12.1. The minimum atomic E-state index is 0.0937. The molecule has 110 valence electrons. The number of carbonyl (C=O) groups is 1. The van der Waals surface area contributed by atoms with E-state index in [1.165, 1.54) is 5.56 Å². The maximum absolute atomic E-state index is 12.1. The fourth-order valence-corrected chi connectivity index (χ4v) is 3.02.